The molecule has 0 aliphatic carbocycles. The van der Waals surface area contributed by atoms with Gasteiger partial charge in [-0.15, -0.1) is 0 Å². The second kappa shape index (κ2) is 5.60. The number of carbonyl (C=O) groups is 1. The summed E-state index contributed by atoms with van der Waals surface area (Å²) in [7, 11) is 3.82. The first-order valence-electron chi connectivity index (χ1n) is 6.46. The van der Waals surface area contributed by atoms with Crippen molar-refractivity contribution in [3.05, 3.63) is 23.2 Å². The van der Waals surface area contributed by atoms with Crippen LogP contribution in [0.25, 0.3) is 0 Å². The van der Waals surface area contributed by atoms with Crippen molar-refractivity contribution in [2.24, 2.45) is 11.1 Å². The monoisotopic (exact) mass is 297 g/mol. The van der Waals surface area contributed by atoms with E-state index in [2.05, 4.69) is 5.32 Å². The topological polar surface area (TPSA) is 67.6 Å². The van der Waals surface area contributed by atoms with Crippen LogP contribution in [0.2, 0.25) is 5.02 Å². The molecule has 1 aromatic rings. The number of amides is 1. The highest BCUT2D eigenvalue weighted by Gasteiger charge is 2.44. The molecular formula is C14H20ClN3O2. The number of hydrogen-bond acceptors (Lipinski definition) is 4. The summed E-state index contributed by atoms with van der Waals surface area (Å²) in [5.41, 5.74) is 6.80. The van der Waals surface area contributed by atoms with Gasteiger partial charge >= 0.3 is 0 Å². The molecule has 110 valence electrons. The molecule has 1 saturated heterocycles. The number of rotatable bonds is 3. The fraction of sp³-hybridized carbons (Fsp3) is 0.500. The Morgan fingerprint density at radius 2 is 2.25 bits per heavy atom. The predicted molar refractivity (Wildman–Crippen MR) is 81.3 cm³/mol. The minimum Gasteiger partial charge on any atom is -0.379 e. The second-order valence-electron chi connectivity index (χ2n) is 5.55. The average molecular weight is 298 g/mol. The molecule has 3 N–H and O–H groups in total. The smallest absolute Gasteiger partial charge is 0.234 e. The van der Waals surface area contributed by atoms with Gasteiger partial charge in [-0.1, -0.05) is 11.6 Å². The van der Waals surface area contributed by atoms with Crippen LogP contribution in [0.1, 0.15) is 6.92 Å². The van der Waals surface area contributed by atoms with Crippen molar-refractivity contribution in [1.29, 1.82) is 0 Å². The van der Waals surface area contributed by atoms with Crippen LogP contribution in [0.15, 0.2) is 18.2 Å². The summed E-state index contributed by atoms with van der Waals surface area (Å²) >= 11 is 6.19. The molecule has 0 radical (unpaired) electrons. The van der Waals surface area contributed by atoms with Crippen molar-refractivity contribution in [3.8, 4) is 0 Å². The number of benzene rings is 1. The molecule has 2 unspecified atom stereocenters. The van der Waals surface area contributed by atoms with Crippen molar-refractivity contribution >= 4 is 28.9 Å². The first-order valence-corrected chi connectivity index (χ1v) is 6.84. The molecule has 0 spiro atoms. The molecule has 6 heteroatoms. The molecule has 2 atom stereocenters. The Balaban J connectivity index is 2.14. The van der Waals surface area contributed by atoms with Crippen LogP contribution in [0.4, 0.5) is 11.4 Å². The number of halogens is 1. The molecule has 1 fully saturated rings. The van der Waals surface area contributed by atoms with Crippen LogP contribution >= 0.6 is 11.6 Å². The maximum Gasteiger partial charge on any atom is 0.234 e. The Morgan fingerprint density at radius 1 is 1.55 bits per heavy atom. The summed E-state index contributed by atoms with van der Waals surface area (Å²) in [4.78, 5) is 14.3. The minimum absolute atomic E-state index is 0.142. The molecule has 1 aliphatic rings. The van der Waals surface area contributed by atoms with Gasteiger partial charge in [0.25, 0.3) is 0 Å². The van der Waals surface area contributed by atoms with E-state index in [0.717, 1.165) is 5.69 Å². The Labute approximate surface area is 124 Å². The van der Waals surface area contributed by atoms with E-state index >= 15 is 0 Å². The number of nitrogens with one attached hydrogen (secondary N) is 1. The summed E-state index contributed by atoms with van der Waals surface area (Å²) in [5, 5.41) is 3.45. The highest BCUT2D eigenvalue weighted by Crippen LogP contribution is 2.31. The fourth-order valence-corrected chi connectivity index (χ4v) is 2.49. The van der Waals surface area contributed by atoms with E-state index in [4.69, 9.17) is 22.1 Å². The van der Waals surface area contributed by atoms with Crippen LogP contribution in [0.3, 0.4) is 0 Å². The molecule has 0 aromatic heterocycles. The standard InChI is InChI=1S/C14H20ClN3O2/c1-14(8-20-7-12(14)16)13(19)17-9-4-5-11(18(2)3)10(15)6-9/h4-6,12H,7-8,16H2,1-3H3,(H,17,19). The van der Waals surface area contributed by atoms with Crippen molar-refractivity contribution < 1.29 is 9.53 Å². The Bertz CT molecular complexity index is 521. The lowest BCUT2D eigenvalue weighted by Gasteiger charge is -2.25. The lowest BCUT2D eigenvalue weighted by Crippen LogP contribution is -2.47. The zero-order valence-electron chi connectivity index (χ0n) is 11.9. The van der Waals surface area contributed by atoms with Gasteiger partial charge in [-0.2, -0.15) is 0 Å². The predicted octanol–water partition coefficient (Wildman–Crippen LogP) is 1.71. The highest BCUT2D eigenvalue weighted by atomic mass is 35.5. The zero-order chi connectivity index (χ0) is 14.9. The van der Waals surface area contributed by atoms with Gasteiger partial charge in [-0.05, 0) is 25.1 Å². The van der Waals surface area contributed by atoms with Crippen LogP contribution < -0.4 is 16.0 Å². The largest absolute Gasteiger partial charge is 0.379 e. The third-order valence-corrected chi connectivity index (χ3v) is 4.03. The van der Waals surface area contributed by atoms with Crippen molar-refractivity contribution in [2.75, 3.05) is 37.5 Å². The molecule has 0 saturated carbocycles. The number of nitrogens with zero attached hydrogens (tertiary/aromatic N) is 1. The molecule has 5 nitrogen and oxygen atoms in total. The van der Waals surface area contributed by atoms with Crippen LogP contribution in [0, 0.1) is 5.41 Å². The van der Waals surface area contributed by atoms with Crippen molar-refractivity contribution in [2.45, 2.75) is 13.0 Å². The van der Waals surface area contributed by atoms with E-state index < -0.39 is 5.41 Å². The van der Waals surface area contributed by atoms with E-state index in [9.17, 15) is 4.79 Å². The molecule has 1 heterocycles. The quantitative estimate of drug-likeness (QED) is 0.891. The highest BCUT2D eigenvalue weighted by molar-refractivity contribution is 6.33. The van der Waals surface area contributed by atoms with Crippen LogP contribution in [-0.2, 0) is 9.53 Å². The lowest BCUT2D eigenvalue weighted by molar-refractivity contribution is -0.125. The summed E-state index contributed by atoms with van der Waals surface area (Å²) in [6.07, 6.45) is 0. The average Bonchev–Trinajstić information content (AvgIpc) is 2.70. The van der Waals surface area contributed by atoms with Gasteiger partial charge in [0.2, 0.25) is 5.91 Å². The molecule has 1 aromatic carbocycles. The van der Waals surface area contributed by atoms with E-state index in [1.54, 1.807) is 6.07 Å². The number of hydrogen-bond donors (Lipinski definition) is 2. The first kappa shape index (κ1) is 15.1. The summed E-state index contributed by atoms with van der Waals surface area (Å²) in [6.45, 7) is 2.56. The van der Waals surface area contributed by atoms with E-state index in [0.29, 0.717) is 23.9 Å². The summed E-state index contributed by atoms with van der Waals surface area (Å²) < 4.78 is 5.29. The molecule has 20 heavy (non-hydrogen) atoms. The minimum atomic E-state index is -0.702. The Morgan fingerprint density at radius 3 is 2.75 bits per heavy atom. The maximum atomic E-state index is 12.4. The number of ether oxygens (including phenoxy) is 1. The van der Waals surface area contributed by atoms with Gasteiger partial charge < -0.3 is 20.7 Å². The van der Waals surface area contributed by atoms with Crippen LogP contribution in [0.5, 0.6) is 0 Å². The normalized spacial score (nSPS) is 25.6. The van der Waals surface area contributed by atoms with Gasteiger partial charge in [0.05, 0.1) is 29.3 Å². The molecule has 2 rings (SSSR count). The third-order valence-electron chi connectivity index (χ3n) is 3.72. The molecule has 1 amide bonds. The van der Waals surface area contributed by atoms with E-state index in [-0.39, 0.29) is 11.9 Å². The van der Waals surface area contributed by atoms with Gasteiger partial charge in [-0.25, -0.2) is 0 Å². The third kappa shape index (κ3) is 2.75. The molecular weight excluding hydrogens is 278 g/mol. The second-order valence-corrected chi connectivity index (χ2v) is 5.96. The fourth-order valence-electron chi connectivity index (χ4n) is 2.14. The van der Waals surface area contributed by atoms with Gasteiger partial charge in [0.1, 0.15) is 0 Å². The van der Waals surface area contributed by atoms with Crippen LogP contribution in [-0.4, -0.2) is 39.3 Å². The Hall–Kier alpha value is -1.30. The number of nitrogens with two attached hydrogens (primary N) is 1. The van der Waals surface area contributed by atoms with Crippen molar-refractivity contribution in [1.82, 2.24) is 0 Å². The van der Waals surface area contributed by atoms with E-state index in [1.807, 2.05) is 38.1 Å². The lowest BCUT2D eigenvalue weighted by atomic mass is 9.85. The summed E-state index contributed by atoms with van der Waals surface area (Å²) in [5.74, 6) is -0.142. The zero-order valence-corrected chi connectivity index (χ0v) is 12.7. The number of anilines is 2. The van der Waals surface area contributed by atoms with Crippen molar-refractivity contribution in [3.63, 3.8) is 0 Å². The first-order chi connectivity index (χ1) is 9.34. The Kier molecular flexibility index (Phi) is 4.22. The molecule has 0 bridgehead atoms. The maximum absolute atomic E-state index is 12.4. The van der Waals surface area contributed by atoms with Gasteiger partial charge in [0, 0.05) is 25.8 Å². The SMILES string of the molecule is CN(C)c1ccc(NC(=O)C2(C)COCC2N)cc1Cl. The number of carbonyl (C=O) groups excluding carboxylic acids is 1. The molecule has 1 aliphatic heterocycles. The van der Waals surface area contributed by atoms with E-state index in [1.165, 1.54) is 0 Å². The van der Waals surface area contributed by atoms with Gasteiger partial charge in [-0.3, -0.25) is 4.79 Å². The summed E-state index contributed by atoms with van der Waals surface area (Å²) in [6, 6.07) is 5.13. The van der Waals surface area contributed by atoms with Gasteiger partial charge in [0.15, 0.2) is 0 Å².